The lowest BCUT2D eigenvalue weighted by molar-refractivity contribution is 0.0528. The van der Waals surface area contributed by atoms with Crippen molar-refractivity contribution < 1.29 is 14.3 Å². The van der Waals surface area contributed by atoms with E-state index in [1.807, 2.05) is 49.4 Å². The van der Waals surface area contributed by atoms with E-state index in [0.717, 1.165) is 39.9 Å². The summed E-state index contributed by atoms with van der Waals surface area (Å²) in [4.78, 5) is 31.5. The highest BCUT2D eigenvalue weighted by Gasteiger charge is 2.20. The highest BCUT2D eigenvalue weighted by atomic mass is 32.1. The number of para-hydroxylation sites is 1. The number of aromatic nitrogens is 1. The second-order valence-corrected chi connectivity index (χ2v) is 9.05. The summed E-state index contributed by atoms with van der Waals surface area (Å²) < 4.78 is 5.15. The monoisotopic (exact) mass is 458 g/mol. The zero-order valence-electron chi connectivity index (χ0n) is 19.0. The van der Waals surface area contributed by atoms with E-state index in [4.69, 9.17) is 9.72 Å². The Hall–Kier alpha value is -3.51. The second-order valence-electron chi connectivity index (χ2n) is 7.79. The van der Waals surface area contributed by atoms with Crippen molar-refractivity contribution in [2.24, 2.45) is 0 Å². The molecule has 33 heavy (non-hydrogen) atoms. The number of aryl methyl sites for hydroxylation is 2. The minimum atomic E-state index is -0.440. The predicted octanol–water partition coefficient (Wildman–Crippen LogP) is 6.65. The number of fused-ring (bicyclic) bond motifs is 1. The number of rotatable bonds is 7. The van der Waals surface area contributed by atoms with Gasteiger partial charge in [0, 0.05) is 15.8 Å². The van der Waals surface area contributed by atoms with E-state index >= 15 is 0 Å². The number of carbonyl (C=O) groups is 2. The molecule has 0 aliphatic heterocycles. The maximum absolute atomic E-state index is 13.4. The molecule has 6 heteroatoms. The molecule has 168 valence electrons. The average Bonchev–Trinajstić information content (AvgIpc) is 3.19. The van der Waals surface area contributed by atoms with Crippen molar-refractivity contribution in [1.82, 2.24) is 4.98 Å². The number of esters is 1. The molecule has 0 aliphatic rings. The molecule has 0 bridgehead atoms. The lowest BCUT2D eigenvalue weighted by Gasteiger charge is -2.11. The van der Waals surface area contributed by atoms with Crippen LogP contribution in [-0.2, 0) is 11.2 Å². The SMILES string of the molecule is CCCc1ccc(-c2cc(C(=O)Nc3sc(C)cc3C(=O)OCC)c3ccccc3n2)cc1. The summed E-state index contributed by atoms with van der Waals surface area (Å²) in [7, 11) is 0. The van der Waals surface area contributed by atoms with E-state index in [1.165, 1.54) is 16.9 Å². The van der Waals surface area contributed by atoms with Crippen LogP contribution < -0.4 is 5.32 Å². The van der Waals surface area contributed by atoms with Crippen LogP contribution in [0.5, 0.6) is 0 Å². The van der Waals surface area contributed by atoms with Gasteiger partial charge in [0.15, 0.2) is 0 Å². The second kappa shape index (κ2) is 9.96. The molecule has 0 spiro atoms. The van der Waals surface area contributed by atoms with Crippen LogP contribution in [0.1, 0.15) is 51.4 Å². The van der Waals surface area contributed by atoms with Gasteiger partial charge in [-0.25, -0.2) is 9.78 Å². The van der Waals surface area contributed by atoms with E-state index < -0.39 is 5.97 Å². The number of hydrogen-bond acceptors (Lipinski definition) is 5. The van der Waals surface area contributed by atoms with Crippen LogP contribution >= 0.6 is 11.3 Å². The molecule has 0 saturated heterocycles. The van der Waals surface area contributed by atoms with E-state index in [9.17, 15) is 9.59 Å². The Labute approximate surface area is 197 Å². The summed E-state index contributed by atoms with van der Waals surface area (Å²) in [5.41, 5.74) is 4.58. The number of ether oxygens (including phenoxy) is 1. The van der Waals surface area contributed by atoms with Gasteiger partial charge in [-0.05, 0) is 44.0 Å². The van der Waals surface area contributed by atoms with Gasteiger partial charge in [0.25, 0.3) is 5.91 Å². The van der Waals surface area contributed by atoms with Crippen molar-refractivity contribution in [3.05, 3.63) is 82.2 Å². The zero-order valence-corrected chi connectivity index (χ0v) is 19.8. The van der Waals surface area contributed by atoms with Gasteiger partial charge in [-0.2, -0.15) is 0 Å². The molecule has 0 saturated carbocycles. The predicted molar refractivity (Wildman–Crippen MR) is 134 cm³/mol. The van der Waals surface area contributed by atoms with Gasteiger partial charge in [0.2, 0.25) is 0 Å². The molecule has 0 aliphatic carbocycles. The van der Waals surface area contributed by atoms with E-state index in [1.54, 1.807) is 13.0 Å². The van der Waals surface area contributed by atoms with Crippen LogP contribution in [0.2, 0.25) is 0 Å². The number of nitrogens with one attached hydrogen (secondary N) is 1. The van der Waals surface area contributed by atoms with Crippen LogP contribution in [0.15, 0.2) is 60.7 Å². The first-order chi connectivity index (χ1) is 16.0. The van der Waals surface area contributed by atoms with Gasteiger partial charge in [0.1, 0.15) is 5.00 Å². The van der Waals surface area contributed by atoms with Crippen molar-refractivity contribution in [3.63, 3.8) is 0 Å². The first-order valence-electron chi connectivity index (χ1n) is 11.1. The van der Waals surface area contributed by atoms with Crippen LogP contribution in [0.3, 0.4) is 0 Å². The third kappa shape index (κ3) is 4.96. The van der Waals surface area contributed by atoms with E-state index in [-0.39, 0.29) is 12.5 Å². The van der Waals surface area contributed by atoms with E-state index in [0.29, 0.717) is 16.1 Å². The van der Waals surface area contributed by atoms with Crippen molar-refractivity contribution in [3.8, 4) is 11.3 Å². The molecule has 0 fully saturated rings. The third-order valence-electron chi connectivity index (χ3n) is 5.33. The summed E-state index contributed by atoms with van der Waals surface area (Å²) in [6, 6.07) is 19.5. The highest BCUT2D eigenvalue weighted by molar-refractivity contribution is 7.16. The Morgan fingerprint density at radius 3 is 2.48 bits per heavy atom. The Morgan fingerprint density at radius 1 is 1.00 bits per heavy atom. The van der Waals surface area contributed by atoms with Gasteiger partial charge >= 0.3 is 5.97 Å². The topological polar surface area (TPSA) is 68.3 Å². The van der Waals surface area contributed by atoms with Gasteiger partial charge in [-0.15, -0.1) is 11.3 Å². The standard InChI is InChI=1S/C27H26N2O3S/c1-4-8-18-11-13-19(14-12-18)24-16-21(20-9-6-7-10-23(20)28-24)25(30)29-26-22(15-17(3)33-26)27(31)32-5-2/h6-7,9-16H,4-5,8H2,1-3H3,(H,29,30). The fraction of sp³-hybridized carbons (Fsp3) is 0.222. The highest BCUT2D eigenvalue weighted by Crippen LogP contribution is 2.31. The molecule has 2 aromatic heterocycles. The number of carbonyl (C=O) groups excluding carboxylic acids is 2. The molecule has 5 nitrogen and oxygen atoms in total. The van der Waals surface area contributed by atoms with Crippen LogP contribution in [0, 0.1) is 6.92 Å². The quantitative estimate of drug-likeness (QED) is 0.315. The minimum absolute atomic E-state index is 0.274. The summed E-state index contributed by atoms with van der Waals surface area (Å²) in [5.74, 6) is -0.727. The van der Waals surface area contributed by atoms with Crippen molar-refractivity contribution in [2.45, 2.75) is 33.6 Å². The largest absolute Gasteiger partial charge is 0.462 e. The fourth-order valence-corrected chi connectivity index (χ4v) is 4.67. The summed E-state index contributed by atoms with van der Waals surface area (Å²) >= 11 is 1.36. The molecular formula is C27H26N2O3S. The summed E-state index contributed by atoms with van der Waals surface area (Å²) in [6.45, 7) is 6.09. The summed E-state index contributed by atoms with van der Waals surface area (Å²) in [5, 5.41) is 4.18. The lowest BCUT2D eigenvalue weighted by Crippen LogP contribution is -2.15. The molecule has 4 rings (SSSR count). The Balaban J connectivity index is 1.73. The Bertz CT molecular complexity index is 1310. The molecular weight excluding hydrogens is 432 g/mol. The normalized spacial score (nSPS) is 10.9. The van der Waals surface area contributed by atoms with Crippen molar-refractivity contribution in [1.29, 1.82) is 0 Å². The molecule has 2 heterocycles. The number of amides is 1. The van der Waals surface area contributed by atoms with Crippen LogP contribution in [0.4, 0.5) is 5.00 Å². The first kappa shape index (κ1) is 22.7. The first-order valence-corrected chi connectivity index (χ1v) is 11.9. The Morgan fingerprint density at radius 2 is 1.76 bits per heavy atom. The smallest absolute Gasteiger partial charge is 0.341 e. The van der Waals surface area contributed by atoms with E-state index in [2.05, 4.69) is 24.4 Å². The molecule has 1 amide bonds. The van der Waals surface area contributed by atoms with Crippen LogP contribution in [0.25, 0.3) is 22.2 Å². The molecule has 2 aromatic carbocycles. The van der Waals surface area contributed by atoms with Gasteiger partial charge in [-0.3, -0.25) is 4.79 Å². The average molecular weight is 459 g/mol. The number of benzene rings is 2. The Kier molecular flexibility index (Phi) is 6.84. The number of pyridine rings is 1. The third-order valence-corrected chi connectivity index (χ3v) is 6.29. The molecule has 0 unspecified atom stereocenters. The maximum Gasteiger partial charge on any atom is 0.341 e. The van der Waals surface area contributed by atoms with Gasteiger partial charge < -0.3 is 10.1 Å². The fourth-order valence-electron chi connectivity index (χ4n) is 3.78. The number of hydrogen-bond donors (Lipinski definition) is 1. The minimum Gasteiger partial charge on any atom is -0.462 e. The summed E-state index contributed by atoms with van der Waals surface area (Å²) in [6.07, 6.45) is 2.12. The van der Waals surface area contributed by atoms with Crippen LogP contribution in [-0.4, -0.2) is 23.5 Å². The number of anilines is 1. The molecule has 4 aromatic rings. The van der Waals surface area contributed by atoms with Gasteiger partial charge in [0.05, 0.1) is 28.9 Å². The zero-order chi connectivity index (χ0) is 23.4. The molecule has 0 radical (unpaired) electrons. The van der Waals surface area contributed by atoms with Gasteiger partial charge in [-0.1, -0.05) is 55.8 Å². The lowest BCUT2D eigenvalue weighted by atomic mass is 10.0. The number of thiophene rings is 1. The van der Waals surface area contributed by atoms with Crippen molar-refractivity contribution >= 4 is 39.1 Å². The van der Waals surface area contributed by atoms with Crippen molar-refractivity contribution in [2.75, 3.05) is 11.9 Å². The molecule has 0 atom stereocenters. The maximum atomic E-state index is 13.4. The molecule has 1 N–H and O–H groups in total. The number of nitrogens with zero attached hydrogens (tertiary/aromatic N) is 1.